The molecule has 0 heterocycles. The molecule has 1 fully saturated rings. The first kappa shape index (κ1) is 11.1. The van der Waals surface area contributed by atoms with E-state index in [1.165, 1.54) is 6.07 Å². The number of halogens is 2. The van der Waals surface area contributed by atoms with E-state index in [0.717, 1.165) is 10.0 Å². The number of benzene rings is 1. The van der Waals surface area contributed by atoms with Crippen molar-refractivity contribution in [3.05, 3.63) is 34.1 Å². The van der Waals surface area contributed by atoms with Crippen molar-refractivity contribution in [3.8, 4) is 0 Å². The molecule has 0 spiro atoms. The van der Waals surface area contributed by atoms with Crippen molar-refractivity contribution in [2.24, 2.45) is 17.1 Å². The minimum Gasteiger partial charge on any atom is -0.330 e. The van der Waals surface area contributed by atoms with Crippen LogP contribution in [-0.4, -0.2) is 6.54 Å². The Kier molecular flexibility index (Phi) is 2.63. The van der Waals surface area contributed by atoms with E-state index in [0.29, 0.717) is 12.5 Å². The molecule has 1 aliphatic carbocycles. The Hall–Kier alpha value is -0.410. The van der Waals surface area contributed by atoms with Gasteiger partial charge in [-0.25, -0.2) is 4.39 Å². The van der Waals surface area contributed by atoms with Crippen LogP contribution in [0.4, 0.5) is 4.39 Å². The van der Waals surface area contributed by atoms with Crippen LogP contribution in [0.3, 0.4) is 0 Å². The third-order valence-corrected chi connectivity index (χ3v) is 4.10. The molecule has 1 nitrogen and oxygen atoms in total. The Balaban J connectivity index is 2.33. The normalized spacial score (nSPS) is 27.8. The Morgan fingerprint density at radius 2 is 2.13 bits per heavy atom. The third kappa shape index (κ3) is 1.72. The monoisotopic (exact) mass is 271 g/mol. The van der Waals surface area contributed by atoms with Crippen LogP contribution in [0.25, 0.3) is 0 Å². The van der Waals surface area contributed by atoms with Crippen LogP contribution in [-0.2, 0) is 0 Å². The molecule has 15 heavy (non-hydrogen) atoms. The van der Waals surface area contributed by atoms with Gasteiger partial charge in [0.15, 0.2) is 0 Å². The smallest absolute Gasteiger partial charge is 0.127 e. The highest BCUT2D eigenvalue weighted by Gasteiger charge is 2.57. The van der Waals surface area contributed by atoms with Gasteiger partial charge in [0.2, 0.25) is 0 Å². The number of hydrogen-bond acceptors (Lipinski definition) is 1. The van der Waals surface area contributed by atoms with Crippen LogP contribution >= 0.6 is 15.9 Å². The molecule has 0 saturated heterocycles. The SMILES string of the molecule is CC1(C)[C@@H](CN)[C@@H]1c1ccc(Br)cc1F. The van der Waals surface area contributed by atoms with Crippen LogP contribution in [0.5, 0.6) is 0 Å². The molecule has 82 valence electrons. The van der Waals surface area contributed by atoms with Gasteiger partial charge in [-0.05, 0) is 41.5 Å². The molecular formula is C12H15BrFN. The molecule has 0 amide bonds. The molecule has 3 heteroatoms. The van der Waals surface area contributed by atoms with Crippen molar-refractivity contribution in [3.63, 3.8) is 0 Å². The van der Waals surface area contributed by atoms with E-state index in [1.807, 2.05) is 12.1 Å². The van der Waals surface area contributed by atoms with E-state index < -0.39 is 0 Å². The fourth-order valence-electron chi connectivity index (χ4n) is 2.56. The summed E-state index contributed by atoms with van der Waals surface area (Å²) in [6.45, 7) is 4.93. The Bertz CT molecular complexity index is 389. The maximum absolute atomic E-state index is 13.7. The number of nitrogens with two attached hydrogens (primary N) is 1. The van der Waals surface area contributed by atoms with Crippen molar-refractivity contribution in [2.75, 3.05) is 6.54 Å². The Morgan fingerprint density at radius 1 is 1.47 bits per heavy atom. The first-order chi connectivity index (χ1) is 6.98. The minimum absolute atomic E-state index is 0.126. The zero-order valence-electron chi connectivity index (χ0n) is 8.93. The summed E-state index contributed by atoms with van der Waals surface area (Å²) in [5, 5.41) is 0. The highest BCUT2D eigenvalue weighted by Crippen LogP contribution is 2.64. The first-order valence-electron chi connectivity index (χ1n) is 5.13. The van der Waals surface area contributed by atoms with Gasteiger partial charge in [-0.15, -0.1) is 0 Å². The van der Waals surface area contributed by atoms with Crippen molar-refractivity contribution < 1.29 is 4.39 Å². The van der Waals surface area contributed by atoms with Gasteiger partial charge in [0.25, 0.3) is 0 Å². The molecule has 1 aliphatic rings. The maximum Gasteiger partial charge on any atom is 0.127 e. The molecule has 1 saturated carbocycles. The van der Waals surface area contributed by atoms with Crippen LogP contribution in [0, 0.1) is 17.2 Å². The van der Waals surface area contributed by atoms with Crippen molar-refractivity contribution in [1.29, 1.82) is 0 Å². The largest absolute Gasteiger partial charge is 0.330 e. The van der Waals surface area contributed by atoms with Crippen LogP contribution < -0.4 is 5.73 Å². The van der Waals surface area contributed by atoms with E-state index in [1.54, 1.807) is 0 Å². The summed E-state index contributed by atoms with van der Waals surface area (Å²) in [7, 11) is 0. The third-order valence-electron chi connectivity index (χ3n) is 3.60. The second kappa shape index (κ2) is 3.56. The second-order valence-corrected chi connectivity index (χ2v) is 5.72. The Labute approximate surface area is 98.0 Å². The summed E-state index contributed by atoms with van der Waals surface area (Å²) in [5.74, 6) is 0.558. The highest BCUT2D eigenvalue weighted by molar-refractivity contribution is 9.10. The standard InChI is InChI=1S/C12H15BrFN/c1-12(2)9(6-15)11(12)8-4-3-7(13)5-10(8)14/h3-5,9,11H,6,15H2,1-2H3/t9-,11-/m0/s1. The molecule has 2 rings (SSSR count). The zero-order chi connectivity index (χ0) is 11.2. The van der Waals surface area contributed by atoms with Gasteiger partial charge in [0, 0.05) is 4.47 Å². The summed E-state index contributed by atoms with van der Waals surface area (Å²) >= 11 is 3.26. The summed E-state index contributed by atoms with van der Waals surface area (Å²) in [6, 6.07) is 5.28. The van der Waals surface area contributed by atoms with Gasteiger partial charge >= 0.3 is 0 Å². The van der Waals surface area contributed by atoms with Gasteiger partial charge in [0.1, 0.15) is 5.82 Å². The maximum atomic E-state index is 13.7. The molecule has 0 aromatic heterocycles. The molecule has 2 atom stereocenters. The lowest BCUT2D eigenvalue weighted by Crippen LogP contribution is -2.05. The van der Waals surface area contributed by atoms with E-state index in [9.17, 15) is 4.39 Å². The van der Waals surface area contributed by atoms with Gasteiger partial charge in [-0.2, -0.15) is 0 Å². The predicted octanol–water partition coefficient (Wildman–Crippen LogP) is 3.29. The van der Waals surface area contributed by atoms with Crippen LogP contribution in [0.1, 0.15) is 25.3 Å². The summed E-state index contributed by atoms with van der Waals surface area (Å²) in [6.07, 6.45) is 0. The van der Waals surface area contributed by atoms with E-state index in [2.05, 4.69) is 29.8 Å². The van der Waals surface area contributed by atoms with Gasteiger partial charge in [-0.1, -0.05) is 35.8 Å². The van der Waals surface area contributed by atoms with Gasteiger partial charge in [0.05, 0.1) is 0 Å². The molecular weight excluding hydrogens is 257 g/mol. The quantitative estimate of drug-likeness (QED) is 0.878. The van der Waals surface area contributed by atoms with Gasteiger partial charge in [-0.3, -0.25) is 0 Å². The summed E-state index contributed by atoms with van der Waals surface area (Å²) < 4.78 is 14.5. The highest BCUT2D eigenvalue weighted by atomic mass is 79.9. The fraction of sp³-hybridized carbons (Fsp3) is 0.500. The number of hydrogen-bond donors (Lipinski definition) is 1. The van der Waals surface area contributed by atoms with Crippen LogP contribution in [0.2, 0.25) is 0 Å². The molecule has 0 bridgehead atoms. The van der Waals surface area contributed by atoms with E-state index >= 15 is 0 Å². The average molecular weight is 272 g/mol. The second-order valence-electron chi connectivity index (χ2n) is 4.81. The van der Waals surface area contributed by atoms with E-state index in [-0.39, 0.29) is 17.2 Å². The molecule has 2 N–H and O–H groups in total. The molecule has 0 aliphatic heterocycles. The average Bonchev–Trinajstić information content (AvgIpc) is 2.68. The first-order valence-corrected chi connectivity index (χ1v) is 5.92. The molecule has 0 radical (unpaired) electrons. The van der Waals surface area contributed by atoms with E-state index in [4.69, 9.17) is 5.73 Å². The van der Waals surface area contributed by atoms with Gasteiger partial charge < -0.3 is 5.73 Å². The predicted molar refractivity (Wildman–Crippen MR) is 63.2 cm³/mol. The summed E-state index contributed by atoms with van der Waals surface area (Å²) in [5.41, 5.74) is 6.63. The summed E-state index contributed by atoms with van der Waals surface area (Å²) in [4.78, 5) is 0. The van der Waals surface area contributed by atoms with Crippen molar-refractivity contribution in [2.45, 2.75) is 19.8 Å². The van der Waals surface area contributed by atoms with Crippen molar-refractivity contribution in [1.82, 2.24) is 0 Å². The lowest BCUT2D eigenvalue weighted by atomic mass is 10.0. The number of rotatable bonds is 2. The topological polar surface area (TPSA) is 26.0 Å². The lowest BCUT2D eigenvalue weighted by Gasteiger charge is -2.05. The molecule has 1 aromatic carbocycles. The van der Waals surface area contributed by atoms with Crippen molar-refractivity contribution >= 4 is 15.9 Å². The van der Waals surface area contributed by atoms with Crippen LogP contribution in [0.15, 0.2) is 22.7 Å². The molecule has 1 aromatic rings. The fourth-order valence-corrected chi connectivity index (χ4v) is 2.89. The molecule has 0 unspecified atom stereocenters. The Morgan fingerprint density at radius 3 is 2.60 bits per heavy atom. The zero-order valence-corrected chi connectivity index (χ0v) is 10.5. The lowest BCUT2D eigenvalue weighted by molar-refractivity contribution is 0.551. The minimum atomic E-state index is -0.126.